The second-order valence-electron chi connectivity index (χ2n) is 8.28. The molecule has 0 atom stereocenters. The van der Waals surface area contributed by atoms with E-state index in [-0.39, 0.29) is 16.6 Å². The van der Waals surface area contributed by atoms with Crippen molar-refractivity contribution in [1.82, 2.24) is 0 Å². The highest BCUT2D eigenvalue weighted by atomic mass is 16.3. The molecule has 0 amide bonds. The first-order chi connectivity index (χ1) is 11.0. The number of para-hydroxylation sites is 2. The fraction of sp³-hybridized carbons (Fsp3) is 0.381. The minimum absolute atomic E-state index is 0.0118. The Balaban J connectivity index is 2.59. The molecule has 0 bridgehead atoms. The molecular weight excluding hydrogens is 296 g/mol. The van der Waals surface area contributed by atoms with Gasteiger partial charge in [-0.25, -0.2) is 0 Å². The van der Waals surface area contributed by atoms with Crippen LogP contribution in [0.1, 0.15) is 58.2 Å². The van der Waals surface area contributed by atoms with Gasteiger partial charge in [-0.05, 0) is 34.6 Å². The maximum absolute atomic E-state index is 10.7. The summed E-state index contributed by atoms with van der Waals surface area (Å²) in [6.07, 6.45) is 1.70. The molecule has 0 spiro atoms. The minimum atomic E-state index is -0.153. The summed E-state index contributed by atoms with van der Waals surface area (Å²) in [4.78, 5) is 4.47. The monoisotopic (exact) mass is 324 g/mol. The molecule has 0 fully saturated rings. The zero-order valence-electron chi connectivity index (χ0n) is 15.5. The Morgan fingerprint density at radius 1 is 0.958 bits per heavy atom. The molecule has 0 aliphatic carbocycles. The summed E-state index contributed by atoms with van der Waals surface area (Å²) in [7, 11) is 0. The van der Waals surface area contributed by atoms with E-state index in [0.717, 1.165) is 11.1 Å². The van der Waals surface area contributed by atoms with E-state index in [9.17, 15) is 5.11 Å². The van der Waals surface area contributed by atoms with Gasteiger partial charge in [0.1, 0.15) is 5.75 Å². The third kappa shape index (κ3) is 3.97. The number of aliphatic imine (C=N–C) groups is 1. The molecule has 0 heterocycles. The van der Waals surface area contributed by atoms with Gasteiger partial charge in [0.25, 0.3) is 0 Å². The van der Waals surface area contributed by atoms with E-state index in [2.05, 4.69) is 52.6 Å². The van der Waals surface area contributed by atoms with Crippen LogP contribution >= 0.6 is 0 Å². The van der Waals surface area contributed by atoms with Crippen LogP contribution in [-0.2, 0) is 10.8 Å². The Morgan fingerprint density at radius 2 is 1.58 bits per heavy atom. The highest BCUT2D eigenvalue weighted by molar-refractivity contribution is 5.88. The summed E-state index contributed by atoms with van der Waals surface area (Å²) < 4.78 is 0. The van der Waals surface area contributed by atoms with Gasteiger partial charge >= 0.3 is 0 Å². The summed E-state index contributed by atoms with van der Waals surface area (Å²) >= 11 is 0. The van der Waals surface area contributed by atoms with Gasteiger partial charge in [0, 0.05) is 17.3 Å². The minimum Gasteiger partial charge on any atom is -0.507 e. The average Bonchev–Trinajstić information content (AvgIpc) is 2.45. The molecule has 0 aliphatic rings. The maximum atomic E-state index is 10.7. The third-order valence-corrected chi connectivity index (χ3v) is 4.09. The average molecular weight is 324 g/mol. The predicted octanol–water partition coefficient (Wildman–Crippen LogP) is 5.32. The molecule has 128 valence electrons. The van der Waals surface area contributed by atoms with Gasteiger partial charge in [-0.2, -0.15) is 0 Å². The number of aromatic hydroxyl groups is 1. The molecule has 0 saturated heterocycles. The number of benzene rings is 2. The molecule has 3 N–H and O–H groups in total. The van der Waals surface area contributed by atoms with Gasteiger partial charge in [-0.1, -0.05) is 59.7 Å². The van der Waals surface area contributed by atoms with Gasteiger partial charge in [0.15, 0.2) is 0 Å². The maximum Gasteiger partial charge on any atom is 0.128 e. The lowest BCUT2D eigenvalue weighted by atomic mass is 9.79. The van der Waals surface area contributed by atoms with E-state index >= 15 is 0 Å². The van der Waals surface area contributed by atoms with Crippen molar-refractivity contribution in [3.8, 4) is 5.75 Å². The van der Waals surface area contributed by atoms with Crippen LogP contribution in [0.4, 0.5) is 11.4 Å². The van der Waals surface area contributed by atoms with Crippen LogP contribution < -0.4 is 5.73 Å². The summed E-state index contributed by atoms with van der Waals surface area (Å²) in [6.45, 7) is 12.8. The summed E-state index contributed by atoms with van der Waals surface area (Å²) in [5.74, 6) is 0.286. The molecule has 0 saturated carbocycles. The van der Waals surface area contributed by atoms with E-state index in [0.29, 0.717) is 11.4 Å². The highest BCUT2D eigenvalue weighted by Gasteiger charge is 2.24. The van der Waals surface area contributed by atoms with E-state index in [1.807, 2.05) is 30.3 Å². The van der Waals surface area contributed by atoms with Crippen molar-refractivity contribution in [3.63, 3.8) is 0 Å². The van der Waals surface area contributed by atoms with Crippen molar-refractivity contribution in [2.45, 2.75) is 52.4 Å². The Morgan fingerprint density at radius 3 is 2.12 bits per heavy atom. The lowest BCUT2D eigenvalue weighted by molar-refractivity contribution is 0.444. The zero-order chi connectivity index (χ0) is 18.1. The zero-order valence-corrected chi connectivity index (χ0v) is 15.5. The normalized spacial score (nSPS) is 12.8. The van der Waals surface area contributed by atoms with E-state index in [4.69, 9.17) is 5.73 Å². The Labute approximate surface area is 145 Å². The number of nitrogens with two attached hydrogens (primary N) is 1. The SMILES string of the molecule is CC(C)(C)c1cc(C=Nc2ccccc2N)c(O)c(C(C)(C)C)c1. The van der Waals surface area contributed by atoms with Crippen LogP contribution in [0.15, 0.2) is 41.4 Å². The number of hydrogen-bond donors (Lipinski definition) is 2. The van der Waals surface area contributed by atoms with Gasteiger partial charge < -0.3 is 10.8 Å². The van der Waals surface area contributed by atoms with Crippen LogP contribution in [0.5, 0.6) is 5.75 Å². The first-order valence-electron chi connectivity index (χ1n) is 8.26. The molecule has 0 unspecified atom stereocenters. The summed E-state index contributed by atoms with van der Waals surface area (Å²) in [5, 5.41) is 10.7. The lowest BCUT2D eigenvalue weighted by Crippen LogP contribution is -2.17. The molecule has 2 aromatic carbocycles. The van der Waals surface area contributed by atoms with Crippen LogP contribution in [0.2, 0.25) is 0 Å². The van der Waals surface area contributed by atoms with Crippen LogP contribution in [-0.4, -0.2) is 11.3 Å². The number of anilines is 1. The van der Waals surface area contributed by atoms with Crippen molar-refractivity contribution in [1.29, 1.82) is 0 Å². The topological polar surface area (TPSA) is 58.6 Å². The number of rotatable bonds is 2. The molecule has 3 heteroatoms. The van der Waals surface area contributed by atoms with Crippen molar-refractivity contribution in [2.75, 3.05) is 5.73 Å². The van der Waals surface area contributed by atoms with Crippen LogP contribution in [0.25, 0.3) is 0 Å². The predicted molar refractivity (Wildman–Crippen MR) is 104 cm³/mol. The largest absolute Gasteiger partial charge is 0.507 e. The second kappa shape index (κ2) is 6.31. The van der Waals surface area contributed by atoms with Gasteiger partial charge in [0.05, 0.1) is 11.4 Å². The van der Waals surface area contributed by atoms with Crippen LogP contribution in [0, 0.1) is 0 Å². The molecule has 0 aliphatic heterocycles. The Hall–Kier alpha value is -2.29. The standard InChI is InChI=1S/C21H28N2O/c1-20(2,3)15-11-14(19(24)16(12-15)21(4,5)6)13-23-18-10-8-7-9-17(18)22/h7-13,24H,22H2,1-6H3. The third-order valence-electron chi connectivity index (χ3n) is 4.09. The quantitative estimate of drug-likeness (QED) is 0.580. The Kier molecular flexibility index (Phi) is 4.75. The summed E-state index contributed by atoms with van der Waals surface area (Å²) in [5.41, 5.74) is 9.93. The summed E-state index contributed by atoms with van der Waals surface area (Å²) in [6, 6.07) is 11.6. The molecule has 0 radical (unpaired) electrons. The van der Waals surface area contributed by atoms with Crippen molar-refractivity contribution in [3.05, 3.63) is 53.1 Å². The van der Waals surface area contributed by atoms with E-state index in [1.54, 1.807) is 6.21 Å². The number of nitrogen functional groups attached to an aromatic ring is 1. The molecule has 3 nitrogen and oxygen atoms in total. The highest BCUT2D eigenvalue weighted by Crippen LogP contribution is 2.37. The Bertz CT molecular complexity index is 762. The van der Waals surface area contributed by atoms with E-state index < -0.39 is 0 Å². The van der Waals surface area contributed by atoms with Crippen molar-refractivity contribution in [2.24, 2.45) is 4.99 Å². The molecular formula is C21H28N2O. The number of hydrogen-bond acceptors (Lipinski definition) is 3. The fourth-order valence-corrected chi connectivity index (χ4v) is 2.50. The molecule has 24 heavy (non-hydrogen) atoms. The van der Waals surface area contributed by atoms with Gasteiger partial charge in [-0.15, -0.1) is 0 Å². The van der Waals surface area contributed by atoms with Gasteiger partial charge in [-0.3, -0.25) is 4.99 Å². The number of phenolic OH excluding ortho intramolecular Hbond substituents is 1. The first-order valence-corrected chi connectivity index (χ1v) is 8.26. The number of phenols is 1. The van der Waals surface area contributed by atoms with E-state index in [1.165, 1.54) is 5.56 Å². The van der Waals surface area contributed by atoms with Crippen molar-refractivity contribution < 1.29 is 5.11 Å². The molecule has 2 aromatic rings. The molecule has 2 rings (SSSR count). The van der Waals surface area contributed by atoms with Crippen LogP contribution in [0.3, 0.4) is 0 Å². The van der Waals surface area contributed by atoms with Gasteiger partial charge in [0.2, 0.25) is 0 Å². The lowest BCUT2D eigenvalue weighted by Gasteiger charge is -2.27. The second-order valence-corrected chi connectivity index (χ2v) is 8.28. The molecule has 0 aromatic heterocycles. The van der Waals surface area contributed by atoms with Crippen molar-refractivity contribution >= 4 is 17.6 Å². The smallest absolute Gasteiger partial charge is 0.128 e. The fourth-order valence-electron chi connectivity index (χ4n) is 2.50. The first kappa shape index (κ1) is 18.1. The number of nitrogens with zero attached hydrogens (tertiary/aromatic N) is 1.